The van der Waals surface area contributed by atoms with E-state index in [1.54, 1.807) is 0 Å². The number of nitrogens with two attached hydrogens (primary N) is 1. The Hall–Kier alpha value is -1.06. The smallest absolute Gasteiger partial charge is 0.122 e. The van der Waals surface area contributed by atoms with Gasteiger partial charge in [0.2, 0.25) is 0 Å². The van der Waals surface area contributed by atoms with Gasteiger partial charge in [-0.1, -0.05) is 38.8 Å². The van der Waals surface area contributed by atoms with Gasteiger partial charge in [0.1, 0.15) is 5.75 Å². The highest BCUT2D eigenvalue weighted by atomic mass is 16.5. The number of nitrogens with one attached hydrogen (secondary N) is 1. The molecule has 2 rings (SSSR count). The van der Waals surface area contributed by atoms with Crippen LogP contribution in [0.4, 0.5) is 0 Å². The topological polar surface area (TPSA) is 47.3 Å². The number of hydrogen-bond donors (Lipinski definition) is 2. The minimum Gasteiger partial charge on any atom is -0.493 e. The molecule has 3 heteroatoms. The van der Waals surface area contributed by atoms with Crippen molar-refractivity contribution in [1.29, 1.82) is 0 Å². The lowest BCUT2D eigenvalue weighted by atomic mass is 9.90. The Balaban J connectivity index is 2.12. The number of rotatable bonds is 6. The Bertz CT molecular complexity index is 388. The molecule has 0 bridgehead atoms. The summed E-state index contributed by atoms with van der Waals surface area (Å²) in [4.78, 5) is 0. The SMILES string of the molecule is CCC(CC)CC(NN)c1ccc2c(c1)CCO2. The highest BCUT2D eigenvalue weighted by molar-refractivity contribution is 5.40. The van der Waals surface area contributed by atoms with Gasteiger partial charge in [-0.3, -0.25) is 11.3 Å². The van der Waals surface area contributed by atoms with E-state index in [2.05, 4.69) is 37.5 Å². The van der Waals surface area contributed by atoms with Crippen LogP contribution in [0.2, 0.25) is 0 Å². The van der Waals surface area contributed by atoms with Crippen molar-refractivity contribution in [2.75, 3.05) is 6.61 Å². The second-order valence-corrected chi connectivity index (χ2v) is 5.10. The van der Waals surface area contributed by atoms with Crippen molar-refractivity contribution >= 4 is 0 Å². The van der Waals surface area contributed by atoms with Gasteiger partial charge in [0.05, 0.1) is 6.61 Å². The molecule has 1 aromatic carbocycles. The zero-order valence-corrected chi connectivity index (χ0v) is 11.4. The summed E-state index contributed by atoms with van der Waals surface area (Å²) in [6, 6.07) is 6.71. The standard InChI is InChI=1S/C15H24N2O/c1-3-11(4-2)9-14(17-16)12-5-6-15-13(10-12)7-8-18-15/h5-6,10-11,14,17H,3-4,7-9,16H2,1-2H3. The summed E-state index contributed by atoms with van der Waals surface area (Å²) in [5.41, 5.74) is 5.57. The van der Waals surface area contributed by atoms with Crippen LogP contribution in [0.15, 0.2) is 18.2 Å². The van der Waals surface area contributed by atoms with E-state index in [0.717, 1.165) is 31.1 Å². The van der Waals surface area contributed by atoms with Gasteiger partial charge in [-0.05, 0) is 29.5 Å². The fraction of sp³-hybridized carbons (Fsp3) is 0.600. The van der Waals surface area contributed by atoms with Gasteiger partial charge in [-0.2, -0.15) is 0 Å². The van der Waals surface area contributed by atoms with Gasteiger partial charge in [-0.25, -0.2) is 0 Å². The van der Waals surface area contributed by atoms with Crippen LogP contribution in [0, 0.1) is 5.92 Å². The van der Waals surface area contributed by atoms with E-state index in [9.17, 15) is 0 Å². The molecule has 0 spiro atoms. The van der Waals surface area contributed by atoms with Gasteiger partial charge in [-0.15, -0.1) is 0 Å². The highest BCUT2D eigenvalue weighted by Gasteiger charge is 2.18. The molecule has 1 heterocycles. The third-order valence-electron chi connectivity index (χ3n) is 4.04. The Labute approximate surface area is 110 Å². The van der Waals surface area contributed by atoms with E-state index < -0.39 is 0 Å². The van der Waals surface area contributed by atoms with Crippen LogP contribution in [0.5, 0.6) is 5.75 Å². The van der Waals surface area contributed by atoms with Crippen molar-refractivity contribution in [3.63, 3.8) is 0 Å². The van der Waals surface area contributed by atoms with Crippen molar-refractivity contribution in [3.8, 4) is 5.75 Å². The average molecular weight is 248 g/mol. The fourth-order valence-corrected chi connectivity index (χ4v) is 2.68. The molecular formula is C15H24N2O. The van der Waals surface area contributed by atoms with Gasteiger partial charge in [0.15, 0.2) is 0 Å². The summed E-state index contributed by atoms with van der Waals surface area (Å²) in [5, 5.41) is 0. The van der Waals surface area contributed by atoms with Crippen molar-refractivity contribution in [2.45, 2.75) is 45.6 Å². The molecule has 1 unspecified atom stereocenters. The fourth-order valence-electron chi connectivity index (χ4n) is 2.68. The average Bonchev–Trinajstić information content (AvgIpc) is 2.87. The molecule has 0 fully saturated rings. The molecule has 1 aliphatic rings. The molecule has 100 valence electrons. The number of fused-ring (bicyclic) bond motifs is 1. The second-order valence-electron chi connectivity index (χ2n) is 5.10. The first-order chi connectivity index (χ1) is 8.78. The van der Waals surface area contributed by atoms with Crippen molar-refractivity contribution in [2.24, 2.45) is 11.8 Å². The molecule has 0 aliphatic carbocycles. The first kappa shape index (κ1) is 13.4. The molecule has 3 nitrogen and oxygen atoms in total. The molecular weight excluding hydrogens is 224 g/mol. The summed E-state index contributed by atoms with van der Waals surface area (Å²) in [6.45, 7) is 5.31. The Morgan fingerprint density at radius 3 is 2.78 bits per heavy atom. The molecule has 1 atom stereocenters. The van der Waals surface area contributed by atoms with Crippen LogP contribution >= 0.6 is 0 Å². The highest BCUT2D eigenvalue weighted by Crippen LogP contribution is 2.31. The number of ether oxygens (including phenoxy) is 1. The normalized spacial score (nSPS) is 15.6. The van der Waals surface area contributed by atoms with E-state index in [1.807, 2.05) is 0 Å². The van der Waals surface area contributed by atoms with E-state index >= 15 is 0 Å². The van der Waals surface area contributed by atoms with Crippen LogP contribution in [0.1, 0.15) is 50.3 Å². The zero-order valence-electron chi connectivity index (χ0n) is 11.4. The van der Waals surface area contributed by atoms with Crippen molar-refractivity contribution in [1.82, 2.24) is 5.43 Å². The summed E-state index contributed by atoms with van der Waals surface area (Å²) in [5.74, 6) is 7.50. The Kier molecular flexibility index (Phi) is 4.61. The summed E-state index contributed by atoms with van der Waals surface area (Å²) in [7, 11) is 0. The van der Waals surface area contributed by atoms with Crippen LogP contribution in [-0.2, 0) is 6.42 Å². The molecule has 0 aromatic heterocycles. The van der Waals surface area contributed by atoms with Gasteiger partial charge in [0.25, 0.3) is 0 Å². The van der Waals surface area contributed by atoms with Crippen LogP contribution in [0.3, 0.4) is 0 Å². The quantitative estimate of drug-likeness (QED) is 0.601. The van der Waals surface area contributed by atoms with Crippen LogP contribution in [0.25, 0.3) is 0 Å². The zero-order chi connectivity index (χ0) is 13.0. The lowest BCUT2D eigenvalue weighted by Gasteiger charge is -2.22. The maximum Gasteiger partial charge on any atom is 0.122 e. The van der Waals surface area contributed by atoms with Gasteiger partial charge >= 0.3 is 0 Å². The summed E-state index contributed by atoms with van der Waals surface area (Å²) < 4.78 is 5.54. The summed E-state index contributed by atoms with van der Waals surface area (Å²) >= 11 is 0. The number of benzene rings is 1. The van der Waals surface area contributed by atoms with Crippen molar-refractivity contribution in [3.05, 3.63) is 29.3 Å². The van der Waals surface area contributed by atoms with Crippen LogP contribution < -0.4 is 16.0 Å². The predicted octanol–water partition coefficient (Wildman–Crippen LogP) is 2.95. The molecule has 3 N–H and O–H groups in total. The van der Waals surface area contributed by atoms with E-state index in [0.29, 0.717) is 0 Å². The minimum atomic E-state index is 0.251. The van der Waals surface area contributed by atoms with Gasteiger partial charge in [0, 0.05) is 12.5 Å². The first-order valence-electron chi connectivity index (χ1n) is 7.00. The largest absolute Gasteiger partial charge is 0.493 e. The molecule has 1 aliphatic heterocycles. The van der Waals surface area contributed by atoms with Crippen LogP contribution in [-0.4, -0.2) is 6.61 Å². The maximum atomic E-state index is 5.73. The molecule has 18 heavy (non-hydrogen) atoms. The minimum absolute atomic E-state index is 0.251. The number of hydrazine groups is 1. The lowest BCUT2D eigenvalue weighted by molar-refractivity contribution is 0.356. The third kappa shape index (κ3) is 2.85. The second kappa shape index (κ2) is 6.21. The first-order valence-corrected chi connectivity index (χ1v) is 7.00. The van der Waals surface area contributed by atoms with Gasteiger partial charge < -0.3 is 4.74 Å². The molecule has 0 amide bonds. The van der Waals surface area contributed by atoms with Crippen molar-refractivity contribution < 1.29 is 4.74 Å². The molecule has 0 saturated carbocycles. The summed E-state index contributed by atoms with van der Waals surface area (Å²) in [6.07, 6.45) is 4.54. The maximum absolute atomic E-state index is 5.73. The van der Waals surface area contributed by atoms with E-state index in [4.69, 9.17) is 10.6 Å². The lowest BCUT2D eigenvalue weighted by Crippen LogP contribution is -2.29. The van der Waals surface area contributed by atoms with E-state index in [1.165, 1.54) is 24.0 Å². The molecule has 0 saturated heterocycles. The monoisotopic (exact) mass is 248 g/mol. The Morgan fingerprint density at radius 2 is 2.11 bits per heavy atom. The molecule has 0 radical (unpaired) electrons. The predicted molar refractivity (Wildman–Crippen MR) is 74.4 cm³/mol. The van der Waals surface area contributed by atoms with E-state index in [-0.39, 0.29) is 6.04 Å². The molecule has 1 aromatic rings. The third-order valence-corrected chi connectivity index (χ3v) is 4.04. The number of hydrogen-bond acceptors (Lipinski definition) is 3. The Morgan fingerprint density at radius 1 is 1.33 bits per heavy atom.